The molecule has 0 heterocycles. The molecule has 0 saturated carbocycles. The monoisotopic (exact) mass is 323 g/mol. The van der Waals surface area contributed by atoms with Crippen molar-refractivity contribution < 1.29 is 4.74 Å². The summed E-state index contributed by atoms with van der Waals surface area (Å²) in [6, 6.07) is 13.9. The Hall–Kier alpha value is -1.38. The number of hydrogen-bond acceptors (Lipinski definition) is 2. The van der Waals surface area contributed by atoms with Crippen molar-refractivity contribution in [2.24, 2.45) is 0 Å². The molecule has 4 heteroatoms. The minimum atomic E-state index is 0.234. The van der Waals surface area contributed by atoms with Gasteiger partial charge in [0, 0.05) is 16.8 Å². The first-order valence-corrected chi connectivity index (χ1v) is 7.75. The second-order valence-corrected chi connectivity index (χ2v) is 5.73. The molecule has 21 heavy (non-hydrogen) atoms. The van der Waals surface area contributed by atoms with Gasteiger partial charge in [-0.3, -0.25) is 0 Å². The normalized spacial score (nSPS) is 12.0. The van der Waals surface area contributed by atoms with Gasteiger partial charge in [0.25, 0.3) is 0 Å². The molecule has 0 aromatic heterocycles. The predicted octanol–water partition coefficient (Wildman–Crippen LogP) is 5.96. The third-order valence-corrected chi connectivity index (χ3v) is 3.91. The van der Waals surface area contributed by atoms with Gasteiger partial charge in [0.2, 0.25) is 0 Å². The fourth-order valence-electron chi connectivity index (χ4n) is 2.26. The molecule has 112 valence electrons. The summed E-state index contributed by atoms with van der Waals surface area (Å²) in [5.74, 6) is 0.674. The van der Waals surface area contributed by atoms with Crippen molar-refractivity contribution in [3.8, 4) is 5.75 Å². The summed E-state index contributed by atoms with van der Waals surface area (Å²) in [7, 11) is 1.62. The van der Waals surface area contributed by atoms with Crippen LogP contribution in [-0.4, -0.2) is 7.11 Å². The molecule has 0 radical (unpaired) electrons. The van der Waals surface area contributed by atoms with Crippen molar-refractivity contribution in [2.75, 3.05) is 12.4 Å². The lowest BCUT2D eigenvalue weighted by molar-refractivity contribution is 0.415. The maximum Gasteiger partial charge on any atom is 0.139 e. The van der Waals surface area contributed by atoms with Crippen LogP contribution < -0.4 is 10.1 Å². The van der Waals surface area contributed by atoms with E-state index in [1.165, 1.54) is 5.56 Å². The van der Waals surface area contributed by atoms with Gasteiger partial charge in [-0.05, 0) is 36.2 Å². The molecule has 0 spiro atoms. The Kier molecular flexibility index (Phi) is 5.77. The first-order chi connectivity index (χ1) is 10.1. The van der Waals surface area contributed by atoms with Crippen molar-refractivity contribution in [3.63, 3.8) is 0 Å². The Morgan fingerprint density at radius 3 is 2.43 bits per heavy atom. The van der Waals surface area contributed by atoms with Crippen LogP contribution in [0.2, 0.25) is 10.0 Å². The number of benzene rings is 2. The SMILES string of the molecule is CCCC(Nc1ccc(Cl)c(OC)c1)c1ccc(Cl)cc1. The Morgan fingerprint density at radius 1 is 1.10 bits per heavy atom. The maximum atomic E-state index is 6.06. The largest absolute Gasteiger partial charge is 0.495 e. The Morgan fingerprint density at radius 2 is 1.81 bits per heavy atom. The van der Waals surface area contributed by atoms with E-state index in [0.29, 0.717) is 10.8 Å². The lowest BCUT2D eigenvalue weighted by atomic mass is 10.0. The van der Waals surface area contributed by atoms with Crippen LogP contribution in [0.5, 0.6) is 5.75 Å². The van der Waals surface area contributed by atoms with Crippen molar-refractivity contribution in [1.29, 1.82) is 0 Å². The molecule has 0 aliphatic rings. The Bertz CT molecular complexity index is 584. The predicted molar refractivity (Wildman–Crippen MR) is 90.7 cm³/mol. The first kappa shape index (κ1) is 16.0. The fraction of sp³-hybridized carbons (Fsp3) is 0.294. The van der Waals surface area contributed by atoms with E-state index in [-0.39, 0.29) is 6.04 Å². The minimum Gasteiger partial charge on any atom is -0.495 e. The average molecular weight is 324 g/mol. The molecule has 0 aliphatic carbocycles. The molecule has 1 atom stereocenters. The van der Waals surface area contributed by atoms with Gasteiger partial charge in [-0.15, -0.1) is 0 Å². The van der Waals surface area contributed by atoms with Crippen LogP contribution in [0.25, 0.3) is 0 Å². The molecule has 2 aromatic carbocycles. The van der Waals surface area contributed by atoms with Crippen LogP contribution in [0.15, 0.2) is 42.5 Å². The van der Waals surface area contributed by atoms with E-state index in [2.05, 4.69) is 24.4 Å². The topological polar surface area (TPSA) is 21.3 Å². The molecule has 2 nitrogen and oxygen atoms in total. The molecular formula is C17H19Cl2NO. The summed E-state index contributed by atoms with van der Waals surface area (Å²) in [5, 5.41) is 4.90. The number of halogens is 2. The summed E-state index contributed by atoms with van der Waals surface area (Å²) in [6.45, 7) is 2.17. The highest BCUT2D eigenvalue weighted by atomic mass is 35.5. The van der Waals surface area contributed by atoms with Crippen LogP contribution in [0.3, 0.4) is 0 Å². The summed E-state index contributed by atoms with van der Waals surface area (Å²) in [4.78, 5) is 0. The molecule has 2 aromatic rings. The Labute approximate surface area is 136 Å². The van der Waals surface area contributed by atoms with Crippen LogP contribution >= 0.6 is 23.2 Å². The van der Waals surface area contributed by atoms with Crippen LogP contribution in [-0.2, 0) is 0 Å². The van der Waals surface area contributed by atoms with Gasteiger partial charge in [0.15, 0.2) is 0 Å². The van der Waals surface area contributed by atoms with Crippen molar-refractivity contribution in [2.45, 2.75) is 25.8 Å². The number of anilines is 1. The lowest BCUT2D eigenvalue weighted by Gasteiger charge is -2.20. The van der Waals surface area contributed by atoms with Crippen LogP contribution in [0, 0.1) is 0 Å². The van der Waals surface area contributed by atoms with Crippen molar-refractivity contribution in [1.82, 2.24) is 0 Å². The molecule has 2 rings (SSSR count). The van der Waals surface area contributed by atoms with E-state index < -0.39 is 0 Å². The first-order valence-electron chi connectivity index (χ1n) is 6.99. The van der Waals surface area contributed by atoms with E-state index in [4.69, 9.17) is 27.9 Å². The zero-order valence-electron chi connectivity index (χ0n) is 12.2. The van der Waals surface area contributed by atoms with Gasteiger partial charge in [-0.1, -0.05) is 48.7 Å². The van der Waals surface area contributed by atoms with Gasteiger partial charge in [0.1, 0.15) is 5.75 Å². The molecule has 1 unspecified atom stereocenters. The Balaban J connectivity index is 2.21. The number of ether oxygens (including phenoxy) is 1. The average Bonchev–Trinajstić information content (AvgIpc) is 2.49. The van der Waals surface area contributed by atoms with Gasteiger partial charge in [0.05, 0.1) is 18.2 Å². The second-order valence-electron chi connectivity index (χ2n) is 4.89. The minimum absolute atomic E-state index is 0.234. The van der Waals surface area contributed by atoms with Gasteiger partial charge < -0.3 is 10.1 Å². The number of nitrogens with one attached hydrogen (secondary N) is 1. The summed E-state index contributed by atoms with van der Waals surface area (Å²) >= 11 is 12.0. The van der Waals surface area contributed by atoms with E-state index in [1.807, 2.05) is 30.3 Å². The highest BCUT2D eigenvalue weighted by molar-refractivity contribution is 6.32. The van der Waals surface area contributed by atoms with E-state index >= 15 is 0 Å². The molecule has 1 N–H and O–H groups in total. The van der Waals surface area contributed by atoms with E-state index in [1.54, 1.807) is 7.11 Å². The quantitative estimate of drug-likeness (QED) is 0.708. The van der Waals surface area contributed by atoms with E-state index in [0.717, 1.165) is 23.6 Å². The lowest BCUT2D eigenvalue weighted by Crippen LogP contribution is -2.10. The zero-order valence-corrected chi connectivity index (χ0v) is 13.7. The van der Waals surface area contributed by atoms with Gasteiger partial charge in [-0.2, -0.15) is 0 Å². The van der Waals surface area contributed by atoms with Crippen LogP contribution in [0.4, 0.5) is 5.69 Å². The third kappa shape index (κ3) is 4.29. The molecule has 0 fully saturated rings. The summed E-state index contributed by atoms with van der Waals surface area (Å²) < 4.78 is 5.26. The van der Waals surface area contributed by atoms with Gasteiger partial charge >= 0.3 is 0 Å². The van der Waals surface area contributed by atoms with Crippen LogP contribution in [0.1, 0.15) is 31.4 Å². The summed E-state index contributed by atoms with van der Waals surface area (Å²) in [6.07, 6.45) is 2.12. The number of rotatable bonds is 6. The van der Waals surface area contributed by atoms with E-state index in [9.17, 15) is 0 Å². The zero-order chi connectivity index (χ0) is 15.2. The molecule has 0 amide bonds. The standard InChI is InChI=1S/C17H19Cl2NO/c1-3-4-16(12-5-7-13(18)8-6-12)20-14-9-10-15(19)17(11-14)21-2/h5-11,16,20H,3-4H2,1-2H3. The maximum absolute atomic E-state index is 6.06. The van der Waals surface area contributed by atoms with Crippen molar-refractivity contribution in [3.05, 3.63) is 58.1 Å². The van der Waals surface area contributed by atoms with Crippen molar-refractivity contribution >= 4 is 28.9 Å². The molecular weight excluding hydrogens is 305 g/mol. The molecule has 0 saturated heterocycles. The summed E-state index contributed by atoms with van der Waals surface area (Å²) in [5.41, 5.74) is 2.21. The second kappa shape index (κ2) is 7.58. The smallest absolute Gasteiger partial charge is 0.139 e. The highest BCUT2D eigenvalue weighted by Gasteiger charge is 2.11. The third-order valence-electron chi connectivity index (χ3n) is 3.34. The molecule has 0 bridgehead atoms. The van der Waals surface area contributed by atoms with Gasteiger partial charge in [-0.25, -0.2) is 0 Å². The number of methoxy groups -OCH3 is 1. The fourth-order valence-corrected chi connectivity index (χ4v) is 2.58. The number of hydrogen-bond donors (Lipinski definition) is 1. The molecule has 0 aliphatic heterocycles. The highest BCUT2D eigenvalue weighted by Crippen LogP contribution is 2.31.